The van der Waals surface area contributed by atoms with Crippen LogP contribution >= 0.6 is 0 Å². The van der Waals surface area contributed by atoms with Crippen molar-refractivity contribution in [2.24, 2.45) is 7.05 Å². The highest BCUT2D eigenvalue weighted by Gasteiger charge is 2.17. The number of nitrogens with zero attached hydrogens (tertiary/aromatic N) is 3. The van der Waals surface area contributed by atoms with Crippen LogP contribution in [0.3, 0.4) is 0 Å². The van der Waals surface area contributed by atoms with Gasteiger partial charge in [0.2, 0.25) is 0 Å². The Bertz CT molecular complexity index is 717. The van der Waals surface area contributed by atoms with Gasteiger partial charge in [-0.3, -0.25) is 4.98 Å². The average Bonchev–Trinajstić information content (AvgIpc) is 2.90. The van der Waals surface area contributed by atoms with Crippen molar-refractivity contribution in [3.63, 3.8) is 0 Å². The normalized spacial score (nSPS) is 12.7. The summed E-state index contributed by atoms with van der Waals surface area (Å²) in [7, 11) is 2.02. The Balaban J connectivity index is 2.07. The summed E-state index contributed by atoms with van der Waals surface area (Å²) in [6.07, 6.45) is 5.63. The first-order chi connectivity index (χ1) is 9.79. The minimum absolute atomic E-state index is 0.0893. The fraction of sp³-hybridized carbons (Fsp3) is 0.250. The van der Waals surface area contributed by atoms with E-state index in [1.165, 1.54) is 5.56 Å². The van der Waals surface area contributed by atoms with Gasteiger partial charge in [0.05, 0.1) is 11.6 Å². The van der Waals surface area contributed by atoms with Crippen molar-refractivity contribution in [2.75, 3.05) is 6.54 Å². The molecule has 1 aromatic carbocycles. The smallest absolute Gasteiger partial charge is 0.130 e. The third-order valence-electron chi connectivity index (χ3n) is 3.49. The Kier molecular flexibility index (Phi) is 3.48. The molecule has 4 nitrogen and oxygen atoms in total. The predicted molar refractivity (Wildman–Crippen MR) is 80.5 cm³/mol. The molecule has 1 atom stereocenters. The maximum atomic E-state index is 4.47. The van der Waals surface area contributed by atoms with E-state index < -0.39 is 0 Å². The van der Waals surface area contributed by atoms with Crippen molar-refractivity contribution in [1.29, 1.82) is 0 Å². The molecule has 0 radical (unpaired) electrons. The molecule has 20 heavy (non-hydrogen) atoms. The lowest BCUT2D eigenvalue weighted by Gasteiger charge is -2.18. The van der Waals surface area contributed by atoms with Crippen molar-refractivity contribution in [3.05, 3.63) is 60.3 Å². The van der Waals surface area contributed by atoms with Crippen LogP contribution in [0.5, 0.6) is 0 Å². The lowest BCUT2D eigenvalue weighted by molar-refractivity contribution is 0.577. The molecule has 102 valence electrons. The summed E-state index contributed by atoms with van der Waals surface area (Å²) in [6.45, 7) is 2.99. The molecule has 0 spiro atoms. The van der Waals surface area contributed by atoms with Crippen molar-refractivity contribution in [2.45, 2.75) is 13.0 Å². The number of hydrogen-bond acceptors (Lipinski definition) is 3. The van der Waals surface area contributed by atoms with Crippen LogP contribution in [0.15, 0.2) is 48.9 Å². The Hall–Kier alpha value is -2.20. The van der Waals surface area contributed by atoms with E-state index in [4.69, 9.17) is 0 Å². The highest BCUT2D eigenvalue weighted by molar-refractivity contribution is 5.79. The summed E-state index contributed by atoms with van der Waals surface area (Å²) in [4.78, 5) is 8.90. The summed E-state index contributed by atoms with van der Waals surface area (Å²) >= 11 is 0. The molecule has 1 N–H and O–H groups in total. The van der Waals surface area contributed by atoms with Crippen LogP contribution < -0.4 is 5.32 Å². The van der Waals surface area contributed by atoms with Crippen LogP contribution in [0.1, 0.15) is 24.4 Å². The Morgan fingerprint density at radius 2 is 2.10 bits per heavy atom. The van der Waals surface area contributed by atoms with Gasteiger partial charge in [0, 0.05) is 31.0 Å². The summed E-state index contributed by atoms with van der Waals surface area (Å²) in [6, 6.07) is 10.5. The topological polar surface area (TPSA) is 42.7 Å². The molecule has 3 rings (SSSR count). The molecule has 0 amide bonds. The molecule has 0 aliphatic rings. The summed E-state index contributed by atoms with van der Waals surface area (Å²) < 4.78 is 2.05. The number of benzene rings is 1. The highest BCUT2D eigenvalue weighted by Crippen LogP contribution is 2.23. The Labute approximate surface area is 118 Å². The van der Waals surface area contributed by atoms with E-state index in [9.17, 15) is 0 Å². The fourth-order valence-corrected chi connectivity index (χ4v) is 2.48. The zero-order valence-electron chi connectivity index (χ0n) is 11.7. The fourth-order valence-electron chi connectivity index (χ4n) is 2.48. The zero-order chi connectivity index (χ0) is 13.9. The van der Waals surface area contributed by atoms with Gasteiger partial charge in [-0.2, -0.15) is 0 Å². The SMILES string of the molecule is CCNC(c1ccc2cccnc2c1)c1nccn1C. The van der Waals surface area contributed by atoms with E-state index in [0.29, 0.717) is 0 Å². The number of aromatic nitrogens is 3. The van der Waals surface area contributed by atoms with Crippen LogP contribution in [0.4, 0.5) is 0 Å². The number of aryl methyl sites for hydroxylation is 1. The maximum absolute atomic E-state index is 4.47. The predicted octanol–water partition coefficient (Wildman–Crippen LogP) is 2.67. The van der Waals surface area contributed by atoms with E-state index in [1.807, 2.05) is 31.7 Å². The van der Waals surface area contributed by atoms with Crippen LogP contribution in [-0.4, -0.2) is 21.1 Å². The average molecular weight is 266 g/mol. The van der Waals surface area contributed by atoms with Gasteiger partial charge in [-0.15, -0.1) is 0 Å². The minimum Gasteiger partial charge on any atom is -0.336 e. The van der Waals surface area contributed by atoms with Crippen molar-refractivity contribution < 1.29 is 0 Å². The number of pyridine rings is 1. The summed E-state index contributed by atoms with van der Waals surface area (Å²) in [5, 5.41) is 4.65. The molecule has 4 heteroatoms. The molecule has 0 fully saturated rings. The number of imidazole rings is 1. The van der Waals surface area contributed by atoms with Gasteiger partial charge >= 0.3 is 0 Å². The largest absolute Gasteiger partial charge is 0.336 e. The highest BCUT2D eigenvalue weighted by atomic mass is 15.1. The summed E-state index contributed by atoms with van der Waals surface area (Å²) in [5.74, 6) is 1.02. The van der Waals surface area contributed by atoms with Gasteiger partial charge in [-0.25, -0.2) is 4.98 Å². The first-order valence-corrected chi connectivity index (χ1v) is 6.85. The lowest BCUT2D eigenvalue weighted by atomic mass is 10.0. The van der Waals surface area contributed by atoms with Gasteiger partial charge in [0.1, 0.15) is 5.82 Å². The molecule has 0 saturated heterocycles. The third-order valence-corrected chi connectivity index (χ3v) is 3.49. The standard InChI is InChI=1S/C16H18N4/c1-3-17-15(16-19-9-10-20(16)2)13-7-6-12-5-4-8-18-14(12)11-13/h4-11,15,17H,3H2,1-2H3. The van der Waals surface area contributed by atoms with E-state index in [0.717, 1.165) is 23.3 Å². The van der Waals surface area contributed by atoms with Gasteiger partial charge in [0.15, 0.2) is 0 Å². The zero-order valence-corrected chi connectivity index (χ0v) is 11.7. The van der Waals surface area contributed by atoms with E-state index in [-0.39, 0.29) is 6.04 Å². The van der Waals surface area contributed by atoms with Crippen LogP contribution in [0, 0.1) is 0 Å². The lowest BCUT2D eigenvalue weighted by Crippen LogP contribution is -2.24. The van der Waals surface area contributed by atoms with Gasteiger partial charge in [-0.05, 0) is 24.2 Å². The number of fused-ring (bicyclic) bond motifs is 1. The van der Waals surface area contributed by atoms with E-state index >= 15 is 0 Å². The second-order valence-electron chi connectivity index (χ2n) is 4.84. The molecule has 0 bridgehead atoms. The molecule has 0 saturated carbocycles. The number of hydrogen-bond donors (Lipinski definition) is 1. The molecule has 2 heterocycles. The van der Waals surface area contributed by atoms with Crippen molar-refractivity contribution >= 4 is 10.9 Å². The van der Waals surface area contributed by atoms with Crippen molar-refractivity contribution in [1.82, 2.24) is 19.9 Å². The first-order valence-electron chi connectivity index (χ1n) is 6.85. The van der Waals surface area contributed by atoms with Crippen LogP contribution in [0.2, 0.25) is 0 Å². The summed E-state index contributed by atoms with van der Waals surface area (Å²) in [5.41, 5.74) is 2.20. The number of nitrogens with one attached hydrogen (secondary N) is 1. The van der Waals surface area contributed by atoms with E-state index in [2.05, 4.69) is 51.0 Å². The molecule has 2 aromatic heterocycles. The maximum Gasteiger partial charge on any atom is 0.130 e. The van der Waals surface area contributed by atoms with Crippen LogP contribution in [0.25, 0.3) is 10.9 Å². The number of rotatable bonds is 4. The molecule has 0 aliphatic heterocycles. The second kappa shape index (κ2) is 5.43. The molecule has 3 aromatic rings. The molecular formula is C16H18N4. The van der Waals surface area contributed by atoms with Crippen LogP contribution in [-0.2, 0) is 7.05 Å². The quantitative estimate of drug-likeness (QED) is 0.789. The van der Waals surface area contributed by atoms with Crippen molar-refractivity contribution in [3.8, 4) is 0 Å². The first kappa shape index (κ1) is 12.8. The van der Waals surface area contributed by atoms with Gasteiger partial charge < -0.3 is 9.88 Å². The minimum atomic E-state index is 0.0893. The monoisotopic (exact) mass is 266 g/mol. The molecular weight excluding hydrogens is 248 g/mol. The van der Waals surface area contributed by atoms with Gasteiger partial charge in [-0.1, -0.05) is 25.1 Å². The molecule has 0 aliphatic carbocycles. The third kappa shape index (κ3) is 2.30. The van der Waals surface area contributed by atoms with Gasteiger partial charge in [0.25, 0.3) is 0 Å². The Morgan fingerprint density at radius 3 is 2.85 bits per heavy atom. The Morgan fingerprint density at radius 1 is 1.20 bits per heavy atom. The second-order valence-corrected chi connectivity index (χ2v) is 4.84. The molecule has 1 unspecified atom stereocenters. The van der Waals surface area contributed by atoms with E-state index in [1.54, 1.807) is 0 Å².